The topological polar surface area (TPSA) is 89.0 Å². The molecule has 0 aliphatic carbocycles. The number of aromatic nitrogens is 3. The molecule has 0 aliphatic heterocycles. The van der Waals surface area contributed by atoms with Crippen LogP contribution in [0.4, 0.5) is 17.2 Å². The zero-order chi connectivity index (χ0) is 19.3. The Kier molecular flexibility index (Phi) is 4.79. The predicted octanol–water partition coefficient (Wildman–Crippen LogP) is 4.03. The monoisotopic (exact) mass is 371 g/mol. The fraction of sp³-hybridized carbons (Fsp3) is 0.0476. The van der Waals surface area contributed by atoms with E-state index in [4.69, 9.17) is 4.74 Å². The van der Waals surface area contributed by atoms with Gasteiger partial charge in [0, 0.05) is 29.4 Å². The third-order valence-electron chi connectivity index (χ3n) is 4.12. The lowest BCUT2D eigenvalue weighted by Gasteiger charge is -2.10. The average molecular weight is 371 g/mol. The van der Waals surface area contributed by atoms with Gasteiger partial charge in [0.25, 0.3) is 5.91 Å². The number of anilines is 3. The Labute approximate surface area is 161 Å². The summed E-state index contributed by atoms with van der Waals surface area (Å²) in [6.07, 6.45) is 3.09. The molecule has 0 atom stereocenters. The van der Waals surface area contributed by atoms with Crippen LogP contribution >= 0.6 is 0 Å². The van der Waals surface area contributed by atoms with Crippen LogP contribution < -0.4 is 15.4 Å². The summed E-state index contributed by atoms with van der Waals surface area (Å²) in [6, 6.07) is 18.4. The summed E-state index contributed by atoms with van der Waals surface area (Å²) in [5, 5.41) is 7.03. The number of nitrogens with one attached hydrogen (secondary N) is 2. The molecule has 0 unspecified atom stereocenters. The van der Waals surface area contributed by atoms with Crippen molar-refractivity contribution >= 4 is 34.0 Å². The highest BCUT2D eigenvalue weighted by Gasteiger charge is 2.11. The molecule has 2 aromatic carbocycles. The number of para-hydroxylation sites is 1. The quantitative estimate of drug-likeness (QED) is 0.551. The highest BCUT2D eigenvalue weighted by molar-refractivity contribution is 6.03. The van der Waals surface area contributed by atoms with Crippen molar-refractivity contribution in [3.05, 3.63) is 78.9 Å². The SMILES string of the molecule is COc1cccc(NC(=O)c2cc(Nc3cccc4cccnc34)ncn2)c1. The first kappa shape index (κ1) is 17.4. The highest BCUT2D eigenvalue weighted by Crippen LogP contribution is 2.24. The van der Waals surface area contributed by atoms with Crippen LogP contribution in [-0.2, 0) is 0 Å². The zero-order valence-electron chi connectivity index (χ0n) is 15.1. The van der Waals surface area contributed by atoms with E-state index >= 15 is 0 Å². The number of ether oxygens (including phenoxy) is 1. The molecule has 4 aromatic rings. The van der Waals surface area contributed by atoms with Gasteiger partial charge in [-0.15, -0.1) is 0 Å². The normalized spacial score (nSPS) is 10.5. The first-order valence-corrected chi connectivity index (χ1v) is 8.61. The molecule has 7 heteroatoms. The Bertz CT molecular complexity index is 1140. The number of nitrogens with zero attached hydrogens (tertiary/aromatic N) is 3. The standard InChI is InChI=1S/C21H17N5O2/c1-28-16-8-3-7-15(11-16)25-21(27)18-12-19(24-13-23-18)26-17-9-2-5-14-6-4-10-22-20(14)17/h2-13H,1H3,(H,25,27)(H,23,24,26). The van der Waals surface area contributed by atoms with Crippen molar-refractivity contribution in [2.45, 2.75) is 0 Å². The Morgan fingerprint density at radius 1 is 0.964 bits per heavy atom. The summed E-state index contributed by atoms with van der Waals surface area (Å²) in [5.41, 5.74) is 2.49. The van der Waals surface area contributed by atoms with Gasteiger partial charge in [0.15, 0.2) is 0 Å². The molecule has 0 saturated carbocycles. The van der Waals surface area contributed by atoms with E-state index in [0.717, 1.165) is 16.6 Å². The van der Waals surface area contributed by atoms with Crippen molar-refractivity contribution in [1.29, 1.82) is 0 Å². The van der Waals surface area contributed by atoms with E-state index in [1.807, 2.05) is 30.3 Å². The van der Waals surface area contributed by atoms with Crippen LogP contribution in [0.5, 0.6) is 5.75 Å². The summed E-state index contributed by atoms with van der Waals surface area (Å²) in [5.74, 6) is 0.824. The molecule has 1 amide bonds. The lowest BCUT2D eigenvalue weighted by molar-refractivity contribution is 0.102. The van der Waals surface area contributed by atoms with E-state index < -0.39 is 0 Å². The molecule has 4 rings (SSSR count). The number of carbonyl (C=O) groups is 1. The van der Waals surface area contributed by atoms with Gasteiger partial charge in [-0.05, 0) is 24.3 Å². The van der Waals surface area contributed by atoms with Gasteiger partial charge in [-0.25, -0.2) is 9.97 Å². The molecular formula is C21H17N5O2. The predicted molar refractivity (Wildman–Crippen MR) is 108 cm³/mol. The van der Waals surface area contributed by atoms with Crippen molar-refractivity contribution in [2.75, 3.05) is 17.7 Å². The van der Waals surface area contributed by atoms with Crippen LogP contribution in [0.3, 0.4) is 0 Å². The Morgan fingerprint density at radius 2 is 1.82 bits per heavy atom. The van der Waals surface area contributed by atoms with Gasteiger partial charge in [0.2, 0.25) is 0 Å². The fourth-order valence-electron chi connectivity index (χ4n) is 2.79. The van der Waals surface area contributed by atoms with Crippen LogP contribution in [0.15, 0.2) is 73.2 Å². The van der Waals surface area contributed by atoms with Gasteiger partial charge in [0.05, 0.1) is 18.3 Å². The molecule has 28 heavy (non-hydrogen) atoms. The Balaban J connectivity index is 1.56. The van der Waals surface area contributed by atoms with Gasteiger partial charge < -0.3 is 15.4 Å². The molecule has 138 valence electrons. The molecule has 0 radical (unpaired) electrons. The Hall–Kier alpha value is -4.00. The lowest BCUT2D eigenvalue weighted by Crippen LogP contribution is -2.14. The number of benzene rings is 2. The summed E-state index contributed by atoms with van der Waals surface area (Å²) in [4.78, 5) is 25.2. The molecule has 0 spiro atoms. The maximum absolute atomic E-state index is 12.5. The number of fused-ring (bicyclic) bond motifs is 1. The van der Waals surface area contributed by atoms with E-state index in [-0.39, 0.29) is 11.6 Å². The molecular weight excluding hydrogens is 354 g/mol. The molecule has 2 N–H and O–H groups in total. The third kappa shape index (κ3) is 3.73. The van der Waals surface area contributed by atoms with E-state index in [0.29, 0.717) is 17.3 Å². The number of hydrogen-bond donors (Lipinski definition) is 2. The van der Waals surface area contributed by atoms with Crippen molar-refractivity contribution in [2.24, 2.45) is 0 Å². The minimum absolute atomic E-state index is 0.244. The number of rotatable bonds is 5. The lowest BCUT2D eigenvalue weighted by atomic mass is 10.2. The maximum atomic E-state index is 12.5. The molecule has 0 saturated heterocycles. The molecule has 2 aromatic heterocycles. The van der Waals surface area contributed by atoms with Crippen molar-refractivity contribution in [3.8, 4) is 5.75 Å². The molecule has 7 nitrogen and oxygen atoms in total. The first-order chi connectivity index (χ1) is 13.7. The second-order valence-electron chi connectivity index (χ2n) is 5.98. The third-order valence-corrected chi connectivity index (χ3v) is 4.12. The minimum atomic E-state index is -0.338. The zero-order valence-corrected chi connectivity index (χ0v) is 15.1. The summed E-state index contributed by atoms with van der Waals surface area (Å²) in [7, 11) is 1.57. The van der Waals surface area contributed by atoms with E-state index in [2.05, 4.69) is 25.6 Å². The first-order valence-electron chi connectivity index (χ1n) is 8.61. The largest absolute Gasteiger partial charge is 0.497 e. The second-order valence-corrected chi connectivity index (χ2v) is 5.98. The maximum Gasteiger partial charge on any atom is 0.274 e. The van der Waals surface area contributed by atoms with Crippen LogP contribution in [0.25, 0.3) is 10.9 Å². The van der Waals surface area contributed by atoms with Crippen LogP contribution in [0.2, 0.25) is 0 Å². The fourth-order valence-corrected chi connectivity index (χ4v) is 2.79. The smallest absolute Gasteiger partial charge is 0.274 e. The van der Waals surface area contributed by atoms with Crippen LogP contribution in [-0.4, -0.2) is 28.0 Å². The van der Waals surface area contributed by atoms with Gasteiger partial charge in [-0.1, -0.05) is 24.3 Å². The number of hydrogen-bond acceptors (Lipinski definition) is 6. The number of amides is 1. The van der Waals surface area contributed by atoms with E-state index in [9.17, 15) is 4.79 Å². The number of carbonyl (C=O) groups excluding carboxylic acids is 1. The van der Waals surface area contributed by atoms with Crippen LogP contribution in [0.1, 0.15) is 10.5 Å². The average Bonchev–Trinajstić information content (AvgIpc) is 2.74. The second kappa shape index (κ2) is 7.71. The minimum Gasteiger partial charge on any atom is -0.497 e. The summed E-state index contributed by atoms with van der Waals surface area (Å²) >= 11 is 0. The van der Waals surface area contributed by atoms with Crippen LogP contribution in [0, 0.1) is 0 Å². The molecule has 0 fully saturated rings. The van der Waals surface area contributed by atoms with E-state index in [1.54, 1.807) is 43.6 Å². The summed E-state index contributed by atoms with van der Waals surface area (Å²) < 4.78 is 5.17. The van der Waals surface area contributed by atoms with Gasteiger partial charge in [-0.3, -0.25) is 9.78 Å². The molecule has 0 bridgehead atoms. The van der Waals surface area contributed by atoms with Crippen molar-refractivity contribution in [3.63, 3.8) is 0 Å². The number of methoxy groups -OCH3 is 1. The van der Waals surface area contributed by atoms with Gasteiger partial charge in [0.1, 0.15) is 23.6 Å². The van der Waals surface area contributed by atoms with Gasteiger partial charge in [-0.2, -0.15) is 0 Å². The molecule has 2 heterocycles. The van der Waals surface area contributed by atoms with Crippen molar-refractivity contribution in [1.82, 2.24) is 15.0 Å². The van der Waals surface area contributed by atoms with Crippen molar-refractivity contribution < 1.29 is 9.53 Å². The van der Waals surface area contributed by atoms with Gasteiger partial charge >= 0.3 is 0 Å². The van der Waals surface area contributed by atoms with E-state index in [1.165, 1.54) is 6.33 Å². The molecule has 0 aliphatic rings. The summed E-state index contributed by atoms with van der Waals surface area (Å²) in [6.45, 7) is 0. The highest BCUT2D eigenvalue weighted by atomic mass is 16.5. The Morgan fingerprint density at radius 3 is 2.71 bits per heavy atom. The number of pyridine rings is 1.